The van der Waals surface area contributed by atoms with Gasteiger partial charge in [0, 0.05) is 31.7 Å². The van der Waals surface area contributed by atoms with E-state index in [1.807, 2.05) is 0 Å². The molecule has 4 rings (SSSR count). The molecule has 1 aromatic heterocycles. The van der Waals surface area contributed by atoms with Crippen molar-refractivity contribution in [3.05, 3.63) is 24.2 Å². The van der Waals surface area contributed by atoms with Gasteiger partial charge in [-0.1, -0.05) is 0 Å². The topological polar surface area (TPSA) is 36.7 Å². The first-order chi connectivity index (χ1) is 9.33. The van der Waals surface area contributed by atoms with Crippen LogP contribution in [0.1, 0.15) is 36.0 Å². The third kappa shape index (κ3) is 1.98. The normalized spacial score (nSPS) is 30.8. The second kappa shape index (κ2) is 4.37. The van der Waals surface area contributed by atoms with Crippen molar-refractivity contribution in [3.8, 4) is 0 Å². The van der Waals surface area contributed by atoms with Crippen LogP contribution in [0.5, 0.6) is 0 Å². The molecule has 1 amide bonds. The summed E-state index contributed by atoms with van der Waals surface area (Å²) in [5, 5.41) is 0. The van der Waals surface area contributed by atoms with E-state index in [0.29, 0.717) is 17.6 Å². The van der Waals surface area contributed by atoms with Gasteiger partial charge in [0.25, 0.3) is 5.91 Å². The van der Waals surface area contributed by atoms with Crippen molar-refractivity contribution >= 4 is 5.91 Å². The lowest BCUT2D eigenvalue weighted by Gasteiger charge is -2.25. The van der Waals surface area contributed by atoms with Gasteiger partial charge >= 0.3 is 0 Å². The average molecular weight is 260 g/mol. The molecule has 102 valence electrons. The smallest absolute Gasteiger partial charge is 0.257 e. The van der Waals surface area contributed by atoms with Gasteiger partial charge < -0.3 is 9.32 Å². The highest BCUT2D eigenvalue weighted by Crippen LogP contribution is 2.37. The predicted molar refractivity (Wildman–Crippen MR) is 70.9 cm³/mol. The number of hydrogen-bond donors (Lipinski definition) is 0. The van der Waals surface area contributed by atoms with Gasteiger partial charge in [-0.25, -0.2) is 0 Å². The highest BCUT2D eigenvalue weighted by molar-refractivity contribution is 5.94. The van der Waals surface area contributed by atoms with Gasteiger partial charge in [-0.15, -0.1) is 0 Å². The number of nitrogens with zero attached hydrogens (tertiary/aromatic N) is 2. The maximum Gasteiger partial charge on any atom is 0.257 e. The molecule has 0 radical (unpaired) electrons. The van der Waals surface area contributed by atoms with Crippen molar-refractivity contribution < 1.29 is 9.21 Å². The molecule has 1 aromatic rings. The molecule has 4 heteroatoms. The van der Waals surface area contributed by atoms with Crippen molar-refractivity contribution in [2.45, 2.75) is 37.8 Å². The molecule has 0 N–H and O–H groups in total. The van der Waals surface area contributed by atoms with Crippen LogP contribution in [0.2, 0.25) is 0 Å². The van der Waals surface area contributed by atoms with Crippen LogP contribution in [0, 0.1) is 5.92 Å². The van der Waals surface area contributed by atoms with Gasteiger partial charge in [-0.05, 0) is 37.7 Å². The number of fused-ring (bicyclic) bond motifs is 1. The zero-order chi connectivity index (χ0) is 12.8. The van der Waals surface area contributed by atoms with E-state index in [1.54, 1.807) is 18.6 Å². The van der Waals surface area contributed by atoms with Crippen LogP contribution >= 0.6 is 0 Å². The average Bonchev–Trinajstić information content (AvgIpc) is 2.87. The number of amides is 1. The minimum atomic E-state index is 0.148. The summed E-state index contributed by atoms with van der Waals surface area (Å²) in [6.07, 6.45) is 8.24. The number of hydrogen-bond acceptors (Lipinski definition) is 3. The molecule has 1 aliphatic carbocycles. The first-order valence-electron chi connectivity index (χ1n) is 7.40. The van der Waals surface area contributed by atoms with E-state index >= 15 is 0 Å². The van der Waals surface area contributed by atoms with Crippen LogP contribution in [0.25, 0.3) is 0 Å². The Labute approximate surface area is 113 Å². The zero-order valence-electron chi connectivity index (χ0n) is 11.1. The van der Waals surface area contributed by atoms with Crippen molar-refractivity contribution in [1.82, 2.24) is 9.80 Å². The fraction of sp³-hybridized carbons (Fsp3) is 0.667. The third-order valence-corrected chi connectivity index (χ3v) is 4.91. The third-order valence-electron chi connectivity index (χ3n) is 4.91. The minimum Gasteiger partial charge on any atom is -0.472 e. The van der Waals surface area contributed by atoms with Crippen molar-refractivity contribution in [1.29, 1.82) is 0 Å². The number of rotatable bonds is 3. The van der Waals surface area contributed by atoms with Gasteiger partial charge in [0.2, 0.25) is 0 Å². The molecule has 0 aromatic carbocycles. The highest BCUT2D eigenvalue weighted by Gasteiger charge is 2.45. The molecule has 2 saturated heterocycles. The quantitative estimate of drug-likeness (QED) is 0.834. The lowest BCUT2D eigenvalue weighted by atomic mass is 10.1. The van der Waals surface area contributed by atoms with E-state index in [0.717, 1.165) is 25.3 Å². The molecule has 19 heavy (non-hydrogen) atoms. The maximum absolute atomic E-state index is 12.4. The SMILES string of the molecule is O=C(c1ccoc1)N1CC[C@H]2[C@H]1CCN2CC1CC1. The van der Waals surface area contributed by atoms with Crippen LogP contribution in [0.15, 0.2) is 23.0 Å². The van der Waals surface area contributed by atoms with E-state index in [1.165, 1.54) is 25.9 Å². The highest BCUT2D eigenvalue weighted by atomic mass is 16.3. The Balaban J connectivity index is 1.47. The monoisotopic (exact) mass is 260 g/mol. The summed E-state index contributed by atoms with van der Waals surface area (Å²) in [6.45, 7) is 3.33. The largest absolute Gasteiger partial charge is 0.472 e. The molecule has 0 bridgehead atoms. The summed E-state index contributed by atoms with van der Waals surface area (Å²) >= 11 is 0. The summed E-state index contributed by atoms with van der Waals surface area (Å²) in [7, 11) is 0. The molecular formula is C15H20N2O2. The van der Waals surface area contributed by atoms with Gasteiger partial charge in [0.1, 0.15) is 6.26 Å². The summed E-state index contributed by atoms with van der Waals surface area (Å²) in [6, 6.07) is 2.81. The predicted octanol–water partition coefficient (Wildman–Crippen LogP) is 1.98. The summed E-state index contributed by atoms with van der Waals surface area (Å²) < 4.78 is 5.03. The molecule has 2 aliphatic heterocycles. The summed E-state index contributed by atoms with van der Waals surface area (Å²) in [5.41, 5.74) is 0.696. The fourth-order valence-electron chi connectivity index (χ4n) is 3.74. The molecule has 3 fully saturated rings. The van der Waals surface area contributed by atoms with Gasteiger partial charge in [-0.3, -0.25) is 9.69 Å². The Kier molecular flexibility index (Phi) is 2.65. The fourth-order valence-corrected chi connectivity index (χ4v) is 3.74. The Morgan fingerprint density at radius 3 is 2.79 bits per heavy atom. The first-order valence-corrected chi connectivity index (χ1v) is 7.40. The Bertz CT molecular complexity index is 466. The summed E-state index contributed by atoms with van der Waals surface area (Å²) in [5.74, 6) is 1.09. The number of carbonyl (C=O) groups is 1. The molecule has 4 nitrogen and oxygen atoms in total. The number of likely N-dealkylation sites (tertiary alicyclic amines) is 2. The van der Waals surface area contributed by atoms with Crippen molar-refractivity contribution in [2.75, 3.05) is 19.6 Å². The number of furan rings is 1. The molecular weight excluding hydrogens is 240 g/mol. The second-order valence-electron chi connectivity index (χ2n) is 6.16. The molecule has 2 atom stereocenters. The molecule has 1 saturated carbocycles. The molecule has 3 aliphatic rings. The van der Waals surface area contributed by atoms with Crippen LogP contribution in [-0.4, -0.2) is 47.4 Å². The standard InChI is InChI=1S/C15H20N2O2/c18-15(12-5-8-19-10-12)17-7-4-13-14(17)3-6-16(13)9-11-1-2-11/h5,8,10-11,13-14H,1-4,6-7,9H2/t13-,14+/m0/s1. The zero-order valence-corrected chi connectivity index (χ0v) is 11.1. The summed E-state index contributed by atoms with van der Waals surface area (Å²) in [4.78, 5) is 17.1. The Hall–Kier alpha value is -1.29. The van der Waals surface area contributed by atoms with Crippen molar-refractivity contribution in [2.24, 2.45) is 5.92 Å². The minimum absolute atomic E-state index is 0.148. The van der Waals surface area contributed by atoms with Crippen molar-refractivity contribution in [3.63, 3.8) is 0 Å². The van der Waals surface area contributed by atoms with Crippen LogP contribution in [0.3, 0.4) is 0 Å². The van der Waals surface area contributed by atoms with Gasteiger partial charge in [0.05, 0.1) is 11.8 Å². The second-order valence-corrected chi connectivity index (χ2v) is 6.16. The van der Waals surface area contributed by atoms with E-state index in [9.17, 15) is 4.79 Å². The first kappa shape index (κ1) is 11.5. The van der Waals surface area contributed by atoms with E-state index in [2.05, 4.69) is 9.80 Å². The van der Waals surface area contributed by atoms with Gasteiger partial charge in [0.15, 0.2) is 0 Å². The van der Waals surface area contributed by atoms with E-state index in [4.69, 9.17) is 4.42 Å². The van der Waals surface area contributed by atoms with Crippen LogP contribution < -0.4 is 0 Å². The number of carbonyl (C=O) groups excluding carboxylic acids is 1. The maximum atomic E-state index is 12.4. The van der Waals surface area contributed by atoms with Crippen LogP contribution in [-0.2, 0) is 0 Å². The molecule has 0 spiro atoms. The van der Waals surface area contributed by atoms with E-state index in [-0.39, 0.29) is 5.91 Å². The van der Waals surface area contributed by atoms with Gasteiger partial charge in [-0.2, -0.15) is 0 Å². The lowest BCUT2D eigenvalue weighted by molar-refractivity contribution is 0.0731. The molecule has 0 unspecified atom stereocenters. The Morgan fingerprint density at radius 2 is 2.05 bits per heavy atom. The van der Waals surface area contributed by atoms with E-state index < -0.39 is 0 Å². The van der Waals surface area contributed by atoms with Crippen LogP contribution in [0.4, 0.5) is 0 Å². The Morgan fingerprint density at radius 1 is 1.21 bits per heavy atom. The molecule has 3 heterocycles. The lowest BCUT2D eigenvalue weighted by Crippen LogP contribution is -2.40.